The van der Waals surface area contributed by atoms with Crippen molar-refractivity contribution in [1.29, 1.82) is 0 Å². The van der Waals surface area contributed by atoms with Gasteiger partial charge in [0.25, 0.3) is 11.8 Å². The molecule has 0 saturated heterocycles. The molecule has 0 bridgehead atoms. The second-order valence-corrected chi connectivity index (χ2v) is 8.39. The van der Waals surface area contributed by atoms with Crippen molar-refractivity contribution in [2.45, 2.75) is 52.2 Å². The zero-order valence-corrected chi connectivity index (χ0v) is 19.5. The van der Waals surface area contributed by atoms with Gasteiger partial charge < -0.3 is 21.1 Å². The molecule has 0 radical (unpaired) electrons. The molecule has 1 heterocycles. The molecule has 0 saturated carbocycles. The van der Waals surface area contributed by atoms with Crippen molar-refractivity contribution in [3.05, 3.63) is 42.0 Å². The third-order valence-corrected chi connectivity index (χ3v) is 5.27. The molecule has 1 unspecified atom stereocenters. The van der Waals surface area contributed by atoms with E-state index < -0.39 is 17.9 Å². The summed E-state index contributed by atoms with van der Waals surface area (Å²) in [6.45, 7) is 3.50. The molecule has 5 amide bonds. The molecule has 1 atom stereocenters. The van der Waals surface area contributed by atoms with Crippen LogP contribution in [0.5, 0.6) is 0 Å². The fourth-order valence-electron chi connectivity index (χ4n) is 3.39. The number of amides is 5. The average Bonchev–Trinajstić information content (AvgIpc) is 3.12. The number of benzene rings is 1. The van der Waals surface area contributed by atoms with Crippen LogP contribution in [0.4, 0.5) is 5.69 Å². The summed E-state index contributed by atoms with van der Waals surface area (Å²) in [7, 11) is 0. The van der Waals surface area contributed by atoms with E-state index >= 15 is 0 Å². The number of aliphatic hydroxyl groups is 1. The molecule has 34 heavy (non-hydrogen) atoms. The zero-order chi connectivity index (χ0) is 25.1. The number of hydrogen-bond donors (Lipinski definition) is 4. The number of aliphatic hydroxyl groups excluding tert-OH is 1. The first kappa shape index (κ1) is 26.7. The Morgan fingerprint density at radius 2 is 1.71 bits per heavy atom. The van der Waals surface area contributed by atoms with Crippen LogP contribution in [0.1, 0.15) is 45.1 Å². The molecule has 0 aliphatic carbocycles. The molecule has 184 valence electrons. The van der Waals surface area contributed by atoms with Crippen LogP contribution in [-0.2, 0) is 30.6 Å². The van der Waals surface area contributed by atoms with E-state index in [9.17, 15) is 24.0 Å². The maximum absolute atomic E-state index is 12.5. The van der Waals surface area contributed by atoms with Crippen LogP contribution in [-0.4, -0.2) is 58.7 Å². The van der Waals surface area contributed by atoms with E-state index in [0.29, 0.717) is 37.1 Å². The van der Waals surface area contributed by atoms with Crippen LogP contribution in [0.15, 0.2) is 36.4 Å². The number of hydrogen-bond acceptors (Lipinski definition) is 6. The minimum atomic E-state index is -0.788. The number of nitrogens with zero attached hydrogens (tertiary/aromatic N) is 1. The fourth-order valence-corrected chi connectivity index (χ4v) is 3.39. The van der Waals surface area contributed by atoms with Gasteiger partial charge in [-0.1, -0.05) is 32.4 Å². The van der Waals surface area contributed by atoms with Crippen LogP contribution in [0, 0.1) is 5.92 Å². The number of rotatable bonds is 13. The minimum Gasteiger partial charge on any atom is -0.392 e. The molecule has 10 heteroatoms. The third kappa shape index (κ3) is 8.43. The normalized spacial score (nSPS) is 13.8. The van der Waals surface area contributed by atoms with Gasteiger partial charge in [0.1, 0.15) is 6.04 Å². The SMILES string of the molecule is CC(C)C(NC(=O)CCCCCN1C(=O)C=CC1=O)C(=O)NCC(=O)Nc1cccc(CO)c1. The number of carbonyl (C=O) groups is 5. The lowest BCUT2D eigenvalue weighted by molar-refractivity contribution is -0.137. The molecule has 1 aliphatic heterocycles. The largest absolute Gasteiger partial charge is 0.392 e. The Hall–Kier alpha value is -3.53. The Balaban J connectivity index is 1.70. The first-order chi connectivity index (χ1) is 16.2. The predicted octanol–water partition coefficient (Wildman–Crippen LogP) is 0.860. The summed E-state index contributed by atoms with van der Waals surface area (Å²) in [5.41, 5.74) is 1.16. The highest BCUT2D eigenvalue weighted by Crippen LogP contribution is 2.11. The zero-order valence-electron chi connectivity index (χ0n) is 19.5. The van der Waals surface area contributed by atoms with E-state index in [1.807, 2.05) is 0 Å². The molecule has 4 N–H and O–H groups in total. The first-order valence-corrected chi connectivity index (χ1v) is 11.3. The van der Waals surface area contributed by atoms with Crippen LogP contribution >= 0.6 is 0 Å². The number of carbonyl (C=O) groups excluding carboxylic acids is 5. The lowest BCUT2D eigenvalue weighted by atomic mass is 10.0. The highest BCUT2D eigenvalue weighted by Gasteiger charge is 2.25. The quantitative estimate of drug-likeness (QED) is 0.248. The van der Waals surface area contributed by atoms with E-state index in [2.05, 4.69) is 16.0 Å². The van der Waals surface area contributed by atoms with Crippen LogP contribution in [0.25, 0.3) is 0 Å². The van der Waals surface area contributed by atoms with Gasteiger partial charge in [-0.2, -0.15) is 0 Å². The van der Waals surface area contributed by atoms with Gasteiger partial charge in [-0.05, 0) is 36.5 Å². The average molecular weight is 473 g/mol. The molecule has 0 aromatic heterocycles. The predicted molar refractivity (Wildman–Crippen MR) is 125 cm³/mol. The van der Waals surface area contributed by atoms with Gasteiger partial charge in [-0.25, -0.2) is 0 Å². The molecule has 1 aliphatic rings. The molecule has 1 aromatic carbocycles. The van der Waals surface area contributed by atoms with E-state index in [-0.39, 0.29) is 43.2 Å². The fraction of sp³-hybridized carbons (Fsp3) is 0.458. The molecule has 10 nitrogen and oxygen atoms in total. The summed E-state index contributed by atoms with van der Waals surface area (Å²) in [5, 5.41) is 17.1. The van der Waals surface area contributed by atoms with Gasteiger partial charge in [0.05, 0.1) is 13.2 Å². The number of imide groups is 1. The maximum atomic E-state index is 12.5. The van der Waals surface area contributed by atoms with Crippen LogP contribution in [0.3, 0.4) is 0 Å². The number of anilines is 1. The summed E-state index contributed by atoms with van der Waals surface area (Å²) in [5.74, 6) is -1.99. The van der Waals surface area contributed by atoms with E-state index in [1.165, 1.54) is 17.1 Å². The number of unbranched alkanes of at least 4 members (excludes halogenated alkanes) is 2. The standard InChI is InChI=1S/C24H32N4O6/c1-16(2)23(24(34)25-14-20(31)26-18-8-6-7-17(13-18)15-29)27-19(30)9-4-3-5-12-28-21(32)10-11-22(28)33/h6-8,10-11,13,16,23,29H,3-5,9,12,14-15H2,1-2H3,(H,25,34)(H,26,31)(H,27,30). The van der Waals surface area contributed by atoms with Crippen molar-refractivity contribution in [3.8, 4) is 0 Å². The van der Waals surface area contributed by atoms with Gasteiger partial charge in [0.2, 0.25) is 17.7 Å². The Labute approximate surface area is 198 Å². The Bertz CT molecular complexity index is 925. The number of nitrogens with one attached hydrogen (secondary N) is 3. The Kier molecular flexibility index (Phi) is 10.4. The van der Waals surface area contributed by atoms with Crippen LogP contribution < -0.4 is 16.0 Å². The summed E-state index contributed by atoms with van der Waals surface area (Å²) >= 11 is 0. The van der Waals surface area contributed by atoms with Crippen molar-refractivity contribution in [2.75, 3.05) is 18.4 Å². The third-order valence-electron chi connectivity index (χ3n) is 5.27. The van der Waals surface area contributed by atoms with E-state index in [1.54, 1.807) is 38.1 Å². The second kappa shape index (κ2) is 13.2. The van der Waals surface area contributed by atoms with Gasteiger partial charge in [0.15, 0.2) is 0 Å². The van der Waals surface area contributed by atoms with Crippen molar-refractivity contribution in [2.24, 2.45) is 5.92 Å². The van der Waals surface area contributed by atoms with Crippen molar-refractivity contribution in [3.63, 3.8) is 0 Å². The second-order valence-electron chi connectivity index (χ2n) is 8.39. The molecular formula is C24H32N4O6. The van der Waals surface area contributed by atoms with Gasteiger partial charge >= 0.3 is 0 Å². The van der Waals surface area contributed by atoms with Crippen LogP contribution in [0.2, 0.25) is 0 Å². The molecule has 0 spiro atoms. The molecular weight excluding hydrogens is 440 g/mol. The summed E-state index contributed by atoms with van der Waals surface area (Å²) in [6.07, 6.45) is 4.49. The van der Waals surface area contributed by atoms with Crippen molar-refractivity contribution < 1.29 is 29.1 Å². The van der Waals surface area contributed by atoms with Crippen molar-refractivity contribution >= 4 is 35.2 Å². The lowest BCUT2D eigenvalue weighted by Gasteiger charge is -2.21. The van der Waals surface area contributed by atoms with E-state index in [0.717, 1.165) is 0 Å². The summed E-state index contributed by atoms with van der Waals surface area (Å²) < 4.78 is 0. The van der Waals surface area contributed by atoms with E-state index in [4.69, 9.17) is 5.11 Å². The minimum absolute atomic E-state index is 0.147. The highest BCUT2D eigenvalue weighted by atomic mass is 16.3. The van der Waals surface area contributed by atoms with Gasteiger partial charge in [0, 0.05) is 30.8 Å². The Morgan fingerprint density at radius 1 is 1.00 bits per heavy atom. The molecule has 1 aromatic rings. The van der Waals surface area contributed by atoms with Gasteiger partial charge in [-0.3, -0.25) is 28.9 Å². The maximum Gasteiger partial charge on any atom is 0.253 e. The first-order valence-electron chi connectivity index (χ1n) is 11.3. The van der Waals surface area contributed by atoms with Gasteiger partial charge in [-0.15, -0.1) is 0 Å². The Morgan fingerprint density at radius 3 is 2.35 bits per heavy atom. The smallest absolute Gasteiger partial charge is 0.253 e. The monoisotopic (exact) mass is 472 g/mol. The summed E-state index contributed by atoms with van der Waals surface area (Å²) in [4.78, 5) is 61.2. The highest BCUT2D eigenvalue weighted by molar-refractivity contribution is 6.12. The molecule has 2 rings (SSSR count). The lowest BCUT2D eigenvalue weighted by Crippen LogP contribution is -2.51. The van der Waals surface area contributed by atoms with Crippen molar-refractivity contribution in [1.82, 2.24) is 15.5 Å². The summed E-state index contributed by atoms with van der Waals surface area (Å²) in [6, 6.07) is 5.94. The topological polar surface area (TPSA) is 145 Å². The molecule has 0 fully saturated rings.